The van der Waals surface area contributed by atoms with E-state index in [4.69, 9.17) is 0 Å². The smallest absolute Gasteiger partial charge is 0.271 e. The van der Waals surface area contributed by atoms with Crippen LogP contribution in [0.1, 0.15) is 27.0 Å². The molecule has 0 saturated heterocycles. The molecule has 0 bridgehead atoms. The Kier molecular flexibility index (Phi) is 6.39. The molecule has 0 atom stereocenters. The Morgan fingerprint density at radius 2 is 1.73 bits per heavy atom. The van der Waals surface area contributed by atoms with Crippen LogP contribution in [0.5, 0.6) is 0 Å². The van der Waals surface area contributed by atoms with Gasteiger partial charge < -0.3 is 4.98 Å². The topological polar surface area (TPSA) is 94.6 Å². The molecule has 168 valence electrons. The van der Waals surface area contributed by atoms with E-state index in [0.717, 1.165) is 27.6 Å². The number of nitrogens with one attached hydrogen (secondary N) is 2. The molecule has 3 aromatic carbocycles. The summed E-state index contributed by atoms with van der Waals surface area (Å²) >= 11 is 0. The Hall–Kier alpha value is -3.75. The third kappa shape index (κ3) is 5.02. The van der Waals surface area contributed by atoms with Gasteiger partial charge in [0.1, 0.15) is 0 Å². The highest BCUT2D eigenvalue weighted by molar-refractivity contribution is 7.89. The Labute approximate surface area is 192 Å². The van der Waals surface area contributed by atoms with Crippen LogP contribution in [-0.4, -0.2) is 36.9 Å². The average molecular weight is 461 g/mol. The number of hydrogen-bond donors (Lipinski definition) is 2. The number of amides is 1. The summed E-state index contributed by atoms with van der Waals surface area (Å²) in [6.45, 7) is 2.10. The third-order valence-corrected chi connectivity index (χ3v) is 7.16. The molecule has 0 saturated carbocycles. The molecule has 0 spiro atoms. The number of benzene rings is 3. The number of carbonyl (C=O) groups excluding carboxylic acids is 1. The first kappa shape index (κ1) is 22.4. The van der Waals surface area contributed by atoms with Gasteiger partial charge >= 0.3 is 0 Å². The van der Waals surface area contributed by atoms with E-state index in [0.29, 0.717) is 5.56 Å². The van der Waals surface area contributed by atoms with Crippen molar-refractivity contribution in [2.45, 2.75) is 18.4 Å². The zero-order valence-electron chi connectivity index (χ0n) is 18.3. The molecule has 2 N–H and O–H groups in total. The van der Waals surface area contributed by atoms with Crippen LogP contribution in [0.25, 0.3) is 10.9 Å². The van der Waals surface area contributed by atoms with E-state index in [1.165, 1.54) is 11.4 Å². The molecule has 0 radical (unpaired) electrons. The SMILES string of the molecule is Cc1ccc(S(=O)(=O)N(C)Cc2ccc(C(=O)NN=Cc3c[nH]c4ccccc34)cc2)cc1. The fraction of sp³-hybridized carbons (Fsp3) is 0.120. The number of aryl methyl sites for hydroxylation is 1. The number of rotatable bonds is 7. The summed E-state index contributed by atoms with van der Waals surface area (Å²) in [5.74, 6) is -0.349. The number of sulfonamides is 1. The highest BCUT2D eigenvalue weighted by Gasteiger charge is 2.20. The van der Waals surface area contributed by atoms with E-state index >= 15 is 0 Å². The molecule has 0 aliphatic rings. The number of aromatic amines is 1. The lowest BCUT2D eigenvalue weighted by atomic mass is 10.1. The fourth-order valence-corrected chi connectivity index (χ4v) is 4.58. The average Bonchev–Trinajstić information content (AvgIpc) is 3.23. The van der Waals surface area contributed by atoms with Crippen LogP contribution in [0, 0.1) is 6.92 Å². The molecule has 0 fully saturated rings. The number of H-pyrrole nitrogens is 1. The molecule has 8 heteroatoms. The zero-order valence-corrected chi connectivity index (χ0v) is 19.1. The lowest BCUT2D eigenvalue weighted by Crippen LogP contribution is -2.26. The van der Waals surface area contributed by atoms with Crippen molar-refractivity contribution in [3.8, 4) is 0 Å². The van der Waals surface area contributed by atoms with Gasteiger partial charge in [-0.25, -0.2) is 13.8 Å². The predicted molar refractivity (Wildman–Crippen MR) is 130 cm³/mol. The molecule has 1 aromatic heterocycles. The monoisotopic (exact) mass is 460 g/mol. The van der Waals surface area contributed by atoms with Crippen molar-refractivity contribution in [1.29, 1.82) is 0 Å². The van der Waals surface area contributed by atoms with Crippen LogP contribution in [0.2, 0.25) is 0 Å². The lowest BCUT2D eigenvalue weighted by molar-refractivity contribution is 0.0955. The molecule has 4 aromatic rings. The standard InChI is InChI=1S/C25H24N4O3S/c1-18-7-13-22(14-8-18)33(31,32)29(2)17-19-9-11-20(12-10-19)25(30)28-27-16-21-15-26-24-6-4-3-5-23(21)24/h3-16,26H,17H2,1-2H3,(H,28,30). The van der Waals surface area contributed by atoms with Gasteiger partial charge in [0.25, 0.3) is 5.91 Å². The van der Waals surface area contributed by atoms with Crippen molar-refractivity contribution in [2.75, 3.05) is 7.05 Å². The van der Waals surface area contributed by atoms with E-state index in [1.54, 1.807) is 54.7 Å². The molecule has 1 amide bonds. The largest absolute Gasteiger partial charge is 0.361 e. The first-order chi connectivity index (χ1) is 15.8. The summed E-state index contributed by atoms with van der Waals surface area (Å²) in [6.07, 6.45) is 3.42. The summed E-state index contributed by atoms with van der Waals surface area (Å²) in [7, 11) is -2.06. The van der Waals surface area contributed by atoms with Gasteiger partial charge in [0.15, 0.2) is 0 Å². The van der Waals surface area contributed by atoms with Crippen molar-refractivity contribution in [1.82, 2.24) is 14.7 Å². The second-order valence-electron chi connectivity index (χ2n) is 7.76. The Balaban J connectivity index is 1.38. The molecule has 33 heavy (non-hydrogen) atoms. The van der Waals surface area contributed by atoms with E-state index in [2.05, 4.69) is 15.5 Å². The third-order valence-electron chi connectivity index (χ3n) is 5.34. The summed E-state index contributed by atoms with van der Waals surface area (Å²) in [4.78, 5) is 15.8. The number of hydrazone groups is 1. The quantitative estimate of drug-likeness (QED) is 0.322. The van der Waals surface area contributed by atoms with Gasteiger partial charge in [0.2, 0.25) is 10.0 Å². The summed E-state index contributed by atoms with van der Waals surface area (Å²) in [6, 6.07) is 21.4. The molecule has 0 unspecified atom stereocenters. The summed E-state index contributed by atoms with van der Waals surface area (Å²) in [5, 5.41) is 5.07. The predicted octanol–water partition coefficient (Wildman–Crippen LogP) is 4.06. The normalized spacial score (nSPS) is 12.0. The minimum atomic E-state index is -3.60. The van der Waals surface area contributed by atoms with Crippen LogP contribution in [0.4, 0.5) is 0 Å². The van der Waals surface area contributed by atoms with Gasteiger partial charge in [-0.15, -0.1) is 0 Å². The van der Waals surface area contributed by atoms with Crippen LogP contribution in [-0.2, 0) is 16.6 Å². The van der Waals surface area contributed by atoms with Crippen molar-refractivity contribution in [2.24, 2.45) is 5.10 Å². The minimum absolute atomic E-state index is 0.191. The highest BCUT2D eigenvalue weighted by atomic mass is 32.2. The van der Waals surface area contributed by atoms with Gasteiger partial charge in [-0.1, -0.05) is 48.0 Å². The number of nitrogens with zero attached hydrogens (tertiary/aromatic N) is 2. The Morgan fingerprint density at radius 1 is 1.03 bits per heavy atom. The maximum absolute atomic E-state index is 12.8. The van der Waals surface area contributed by atoms with E-state index in [9.17, 15) is 13.2 Å². The van der Waals surface area contributed by atoms with Gasteiger partial charge in [0.05, 0.1) is 11.1 Å². The van der Waals surface area contributed by atoms with Gasteiger partial charge in [-0.2, -0.15) is 9.41 Å². The van der Waals surface area contributed by atoms with E-state index in [-0.39, 0.29) is 17.3 Å². The minimum Gasteiger partial charge on any atom is -0.361 e. The Morgan fingerprint density at radius 3 is 2.45 bits per heavy atom. The lowest BCUT2D eigenvalue weighted by Gasteiger charge is -2.17. The zero-order chi connectivity index (χ0) is 23.4. The molecule has 4 rings (SSSR count). The first-order valence-electron chi connectivity index (χ1n) is 10.4. The Bertz CT molecular complexity index is 1410. The van der Waals surface area contributed by atoms with Gasteiger partial charge in [-0.3, -0.25) is 4.79 Å². The maximum atomic E-state index is 12.8. The number of para-hydroxylation sites is 1. The first-order valence-corrected chi connectivity index (χ1v) is 11.8. The molecular weight excluding hydrogens is 436 g/mol. The maximum Gasteiger partial charge on any atom is 0.271 e. The van der Waals surface area contributed by atoms with Crippen LogP contribution < -0.4 is 5.43 Å². The second kappa shape index (κ2) is 9.40. The van der Waals surface area contributed by atoms with Crippen molar-refractivity contribution < 1.29 is 13.2 Å². The number of hydrogen-bond acceptors (Lipinski definition) is 4. The fourth-order valence-electron chi connectivity index (χ4n) is 3.42. The van der Waals surface area contributed by atoms with Gasteiger partial charge in [0, 0.05) is 41.8 Å². The van der Waals surface area contributed by atoms with Crippen molar-refractivity contribution in [3.05, 3.63) is 101 Å². The second-order valence-corrected chi connectivity index (χ2v) is 9.80. The van der Waals surface area contributed by atoms with Crippen LogP contribution in [0.15, 0.2) is 89.0 Å². The number of carbonyl (C=O) groups is 1. The van der Waals surface area contributed by atoms with Crippen molar-refractivity contribution >= 4 is 33.0 Å². The highest BCUT2D eigenvalue weighted by Crippen LogP contribution is 2.18. The van der Waals surface area contributed by atoms with E-state index in [1.807, 2.05) is 37.4 Å². The van der Waals surface area contributed by atoms with E-state index < -0.39 is 10.0 Å². The number of aromatic nitrogens is 1. The summed E-state index contributed by atoms with van der Waals surface area (Å²) < 4.78 is 26.8. The van der Waals surface area contributed by atoms with Gasteiger partial charge in [-0.05, 0) is 42.8 Å². The van der Waals surface area contributed by atoms with Crippen LogP contribution >= 0.6 is 0 Å². The molecule has 0 aliphatic carbocycles. The molecule has 7 nitrogen and oxygen atoms in total. The van der Waals surface area contributed by atoms with Crippen LogP contribution in [0.3, 0.4) is 0 Å². The molecule has 1 heterocycles. The van der Waals surface area contributed by atoms with Crippen molar-refractivity contribution in [3.63, 3.8) is 0 Å². The molecule has 0 aliphatic heterocycles. The number of fused-ring (bicyclic) bond motifs is 1. The molecular formula is C25H24N4O3S. The summed E-state index contributed by atoms with van der Waals surface area (Å²) in [5.41, 5.74) is 6.59.